The molecule has 1 unspecified atom stereocenters. The topological polar surface area (TPSA) is 64.0 Å². The molecule has 0 spiro atoms. The molecular weight excluding hydrogens is 286 g/mol. The molecule has 1 saturated heterocycles. The SMILES string of the molecule is CC1(NCc2ccn(-c3ccccc3)n2)CCS(=O)(=O)C1. The number of hydrogen-bond donors (Lipinski definition) is 1. The summed E-state index contributed by atoms with van der Waals surface area (Å²) in [5.74, 6) is 0.481. The third kappa shape index (κ3) is 3.33. The number of nitrogens with zero attached hydrogens (tertiary/aromatic N) is 2. The van der Waals surface area contributed by atoms with Crippen LogP contribution in [0.25, 0.3) is 5.69 Å². The van der Waals surface area contributed by atoms with E-state index in [9.17, 15) is 8.42 Å². The second-order valence-electron chi connectivity index (χ2n) is 5.84. The van der Waals surface area contributed by atoms with Gasteiger partial charge in [0.05, 0.1) is 22.9 Å². The minimum atomic E-state index is -2.88. The van der Waals surface area contributed by atoms with Gasteiger partial charge in [0.1, 0.15) is 0 Å². The van der Waals surface area contributed by atoms with Crippen molar-refractivity contribution in [3.63, 3.8) is 0 Å². The van der Waals surface area contributed by atoms with Gasteiger partial charge in [0.2, 0.25) is 0 Å². The van der Waals surface area contributed by atoms with Gasteiger partial charge in [-0.2, -0.15) is 5.10 Å². The van der Waals surface area contributed by atoms with Crippen LogP contribution in [0.4, 0.5) is 0 Å². The van der Waals surface area contributed by atoms with Gasteiger partial charge in [0, 0.05) is 18.3 Å². The molecular formula is C15H19N3O2S. The first-order valence-electron chi connectivity index (χ1n) is 7.01. The third-order valence-corrected chi connectivity index (χ3v) is 5.77. The second-order valence-corrected chi connectivity index (χ2v) is 8.03. The lowest BCUT2D eigenvalue weighted by atomic mass is 10.0. The van der Waals surface area contributed by atoms with Crippen molar-refractivity contribution in [1.82, 2.24) is 15.1 Å². The highest BCUT2D eigenvalue weighted by Crippen LogP contribution is 2.23. The van der Waals surface area contributed by atoms with Crippen LogP contribution < -0.4 is 5.32 Å². The summed E-state index contributed by atoms with van der Waals surface area (Å²) in [5, 5.41) is 7.85. The van der Waals surface area contributed by atoms with E-state index in [1.54, 1.807) is 0 Å². The van der Waals surface area contributed by atoms with Gasteiger partial charge in [-0.25, -0.2) is 13.1 Å². The van der Waals surface area contributed by atoms with E-state index in [0.29, 0.717) is 13.0 Å². The average molecular weight is 305 g/mol. The summed E-state index contributed by atoms with van der Waals surface area (Å²) in [6.07, 6.45) is 2.58. The van der Waals surface area contributed by atoms with Gasteiger partial charge < -0.3 is 5.32 Å². The quantitative estimate of drug-likeness (QED) is 0.930. The minimum absolute atomic E-state index is 0.208. The molecule has 0 saturated carbocycles. The van der Waals surface area contributed by atoms with Crippen molar-refractivity contribution >= 4 is 9.84 Å². The van der Waals surface area contributed by atoms with Crippen molar-refractivity contribution in [3.8, 4) is 5.69 Å². The molecule has 1 aliphatic rings. The van der Waals surface area contributed by atoms with Crippen LogP contribution in [0, 0.1) is 0 Å². The Bertz CT molecular complexity index is 724. The van der Waals surface area contributed by atoms with Crippen LogP contribution >= 0.6 is 0 Å². The molecule has 2 aromatic rings. The van der Waals surface area contributed by atoms with Gasteiger partial charge in [0.25, 0.3) is 0 Å². The maximum atomic E-state index is 11.6. The summed E-state index contributed by atoms with van der Waals surface area (Å²) < 4.78 is 25.0. The molecule has 112 valence electrons. The maximum Gasteiger partial charge on any atom is 0.152 e. The molecule has 1 atom stereocenters. The molecule has 3 rings (SSSR count). The van der Waals surface area contributed by atoms with Crippen LogP contribution in [0.15, 0.2) is 42.6 Å². The van der Waals surface area contributed by atoms with Crippen LogP contribution in [0.1, 0.15) is 19.0 Å². The van der Waals surface area contributed by atoms with Gasteiger partial charge in [-0.3, -0.25) is 0 Å². The van der Waals surface area contributed by atoms with E-state index in [1.165, 1.54) is 0 Å². The Labute approximate surface area is 124 Å². The summed E-state index contributed by atoms with van der Waals surface area (Å²) in [6.45, 7) is 2.54. The molecule has 1 fully saturated rings. The molecule has 0 radical (unpaired) electrons. The predicted molar refractivity (Wildman–Crippen MR) is 82.1 cm³/mol. The largest absolute Gasteiger partial charge is 0.305 e. The van der Waals surface area contributed by atoms with Gasteiger partial charge in [0.15, 0.2) is 9.84 Å². The van der Waals surface area contributed by atoms with Gasteiger partial charge in [-0.1, -0.05) is 18.2 Å². The van der Waals surface area contributed by atoms with E-state index in [0.717, 1.165) is 11.4 Å². The Balaban J connectivity index is 1.66. The Kier molecular flexibility index (Phi) is 3.59. The average Bonchev–Trinajstić information content (AvgIpc) is 3.03. The lowest BCUT2D eigenvalue weighted by molar-refractivity contribution is 0.392. The third-order valence-electron chi connectivity index (χ3n) is 3.86. The number of para-hydroxylation sites is 1. The molecule has 21 heavy (non-hydrogen) atoms. The van der Waals surface area contributed by atoms with Crippen molar-refractivity contribution in [3.05, 3.63) is 48.3 Å². The highest BCUT2D eigenvalue weighted by atomic mass is 32.2. The second kappa shape index (κ2) is 5.27. The smallest absolute Gasteiger partial charge is 0.152 e. The van der Waals surface area contributed by atoms with E-state index in [4.69, 9.17) is 0 Å². The predicted octanol–water partition coefficient (Wildman–Crippen LogP) is 1.54. The zero-order valence-electron chi connectivity index (χ0n) is 12.0. The minimum Gasteiger partial charge on any atom is -0.305 e. The number of aromatic nitrogens is 2. The molecule has 5 nitrogen and oxygen atoms in total. The molecule has 0 aliphatic carbocycles. The first-order chi connectivity index (χ1) is 9.96. The number of sulfone groups is 1. The van der Waals surface area contributed by atoms with Crippen LogP contribution in [0.5, 0.6) is 0 Å². The Morgan fingerprint density at radius 2 is 2.05 bits per heavy atom. The monoisotopic (exact) mass is 305 g/mol. The summed E-state index contributed by atoms with van der Waals surface area (Å²) >= 11 is 0. The van der Waals surface area contributed by atoms with Crippen LogP contribution in [-0.2, 0) is 16.4 Å². The maximum absolute atomic E-state index is 11.6. The standard InChI is InChI=1S/C15H19N3O2S/c1-15(8-10-21(19,20)12-15)16-11-13-7-9-18(17-13)14-5-3-2-4-6-14/h2-7,9,16H,8,10-12H2,1H3. The van der Waals surface area contributed by atoms with Gasteiger partial charge in [-0.05, 0) is 31.5 Å². The molecule has 1 N–H and O–H groups in total. The van der Waals surface area contributed by atoms with E-state index < -0.39 is 9.84 Å². The fourth-order valence-corrected chi connectivity index (χ4v) is 4.76. The van der Waals surface area contributed by atoms with Gasteiger partial charge in [-0.15, -0.1) is 0 Å². The van der Waals surface area contributed by atoms with Crippen molar-refractivity contribution in [2.45, 2.75) is 25.4 Å². The Hall–Kier alpha value is -1.66. The fourth-order valence-electron chi connectivity index (χ4n) is 2.63. The van der Waals surface area contributed by atoms with E-state index in [1.807, 2.05) is 54.2 Å². The van der Waals surface area contributed by atoms with Crippen LogP contribution in [-0.4, -0.2) is 35.2 Å². The summed E-state index contributed by atoms with van der Waals surface area (Å²) in [5.41, 5.74) is 1.58. The van der Waals surface area contributed by atoms with E-state index in [-0.39, 0.29) is 17.0 Å². The molecule has 0 amide bonds. The molecule has 1 aromatic heterocycles. The van der Waals surface area contributed by atoms with E-state index >= 15 is 0 Å². The molecule has 0 bridgehead atoms. The number of nitrogens with one attached hydrogen (secondary N) is 1. The summed E-state index contributed by atoms with van der Waals surface area (Å²) in [7, 11) is -2.88. The lowest BCUT2D eigenvalue weighted by Gasteiger charge is -2.23. The number of hydrogen-bond acceptors (Lipinski definition) is 4. The summed E-state index contributed by atoms with van der Waals surface area (Å²) in [4.78, 5) is 0. The normalized spacial score (nSPS) is 24.2. The summed E-state index contributed by atoms with van der Waals surface area (Å²) in [6, 6.07) is 11.9. The first kappa shape index (κ1) is 14.3. The number of benzene rings is 1. The molecule has 1 aliphatic heterocycles. The number of rotatable bonds is 4. The van der Waals surface area contributed by atoms with Crippen molar-refractivity contribution in [2.75, 3.05) is 11.5 Å². The molecule has 2 heterocycles. The highest BCUT2D eigenvalue weighted by molar-refractivity contribution is 7.91. The lowest BCUT2D eigenvalue weighted by Crippen LogP contribution is -2.42. The molecule has 1 aromatic carbocycles. The first-order valence-corrected chi connectivity index (χ1v) is 8.83. The Morgan fingerprint density at radius 1 is 1.29 bits per heavy atom. The highest BCUT2D eigenvalue weighted by Gasteiger charge is 2.37. The Morgan fingerprint density at radius 3 is 2.71 bits per heavy atom. The molecule has 6 heteroatoms. The zero-order valence-corrected chi connectivity index (χ0v) is 12.8. The van der Waals surface area contributed by atoms with Crippen molar-refractivity contribution in [2.24, 2.45) is 0 Å². The van der Waals surface area contributed by atoms with Crippen molar-refractivity contribution in [1.29, 1.82) is 0 Å². The van der Waals surface area contributed by atoms with Crippen molar-refractivity contribution < 1.29 is 8.42 Å². The van der Waals surface area contributed by atoms with Gasteiger partial charge >= 0.3 is 0 Å². The van der Waals surface area contributed by atoms with Crippen LogP contribution in [0.2, 0.25) is 0 Å². The van der Waals surface area contributed by atoms with E-state index in [2.05, 4.69) is 10.4 Å². The zero-order chi connectivity index (χ0) is 14.9. The van der Waals surface area contributed by atoms with Crippen LogP contribution in [0.3, 0.4) is 0 Å². The fraction of sp³-hybridized carbons (Fsp3) is 0.400.